The Kier molecular flexibility index (Phi) is 4.30. The zero-order valence-corrected chi connectivity index (χ0v) is 17.5. The zero-order chi connectivity index (χ0) is 22.1. The van der Waals surface area contributed by atoms with E-state index in [9.17, 15) is 15.0 Å². The molecule has 0 saturated carbocycles. The number of nitrogens with one attached hydrogen (secondary N) is 2. The number of hydrogen-bond donors (Lipinski definition) is 6. The van der Waals surface area contributed by atoms with Crippen molar-refractivity contribution in [1.82, 2.24) is 15.5 Å². The summed E-state index contributed by atoms with van der Waals surface area (Å²) >= 11 is 0. The second kappa shape index (κ2) is 6.32. The van der Waals surface area contributed by atoms with Crippen LogP contribution in [0.3, 0.4) is 0 Å². The monoisotopic (exact) mass is 415 g/mol. The summed E-state index contributed by atoms with van der Waals surface area (Å²) in [5.41, 5.74) is 11.8. The van der Waals surface area contributed by atoms with Gasteiger partial charge in [-0.1, -0.05) is 32.9 Å². The molecule has 1 amide bonds. The Balaban J connectivity index is 1.65. The average molecular weight is 415 g/mol. The Bertz CT molecular complexity index is 952. The molecule has 30 heavy (non-hydrogen) atoms. The van der Waals surface area contributed by atoms with Crippen molar-refractivity contribution in [3.63, 3.8) is 0 Å². The van der Waals surface area contributed by atoms with Crippen LogP contribution in [0.15, 0.2) is 34.3 Å². The fraction of sp³-hybridized carbons (Fsp3) is 0.550. The second-order valence-corrected chi connectivity index (χ2v) is 9.27. The minimum atomic E-state index is -2.41. The van der Waals surface area contributed by atoms with Crippen molar-refractivity contribution in [2.75, 3.05) is 6.54 Å². The summed E-state index contributed by atoms with van der Waals surface area (Å²) in [6, 6.07) is 5.11. The number of hydrogen-bond acceptors (Lipinski definition) is 9. The predicted molar refractivity (Wildman–Crippen MR) is 113 cm³/mol. The maximum absolute atomic E-state index is 13.0. The summed E-state index contributed by atoms with van der Waals surface area (Å²) in [6.45, 7) is 7.99. The number of aliphatic imine (C=N–C) groups is 2. The van der Waals surface area contributed by atoms with Gasteiger partial charge in [-0.3, -0.25) is 4.79 Å². The molecule has 1 saturated heterocycles. The largest absolute Gasteiger partial charge is 0.370 e. The third kappa shape index (κ3) is 2.74. The first kappa shape index (κ1) is 20.4. The molecule has 4 atom stereocenters. The minimum absolute atomic E-state index is 0.0338. The van der Waals surface area contributed by atoms with Crippen molar-refractivity contribution in [3.8, 4) is 0 Å². The first-order valence-electron chi connectivity index (χ1n) is 9.96. The fourth-order valence-corrected chi connectivity index (χ4v) is 4.59. The summed E-state index contributed by atoms with van der Waals surface area (Å²) in [7, 11) is 0. The molecule has 0 aromatic heterocycles. The average Bonchev–Trinajstić information content (AvgIpc) is 3.12. The van der Waals surface area contributed by atoms with E-state index in [-0.39, 0.29) is 23.9 Å². The summed E-state index contributed by atoms with van der Waals surface area (Å²) in [6.07, 6.45) is 0. The summed E-state index contributed by atoms with van der Waals surface area (Å²) in [5, 5.41) is 28.1. The lowest BCUT2D eigenvalue weighted by Gasteiger charge is -2.48. The first-order chi connectivity index (χ1) is 13.9. The van der Waals surface area contributed by atoms with Crippen LogP contribution >= 0.6 is 0 Å². The number of carbonyl (C=O) groups is 1. The van der Waals surface area contributed by atoms with Crippen LogP contribution in [0.2, 0.25) is 0 Å². The van der Waals surface area contributed by atoms with Gasteiger partial charge in [0.1, 0.15) is 12.1 Å². The molecule has 0 aliphatic carbocycles. The van der Waals surface area contributed by atoms with E-state index < -0.39 is 35.5 Å². The molecular weight excluding hydrogens is 386 g/mol. The molecule has 8 N–H and O–H groups in total. The number of amides is 1. The van der Waals surface area contributed by atoms with Crippen LogP contribution in [-0.2, 0) is 5.41 Å². The van der Waals surface area contributed by atoms with E-state index in [1.165, 1.54) is 4.90 Å². The van der Waals surface area contributed by atoms with Gasteiger partial charge in [-0.15, -0.1) is 0 Å². The van der Waals surface area contributed by atoms with E-state index in [1.807, 2.05) is 18.2 Å². The fourth-order valence-electron chi connectivity index (χ4n) is 4.59. The highest BCUT2D eigenvalue weighted by molar-refractivity contribution is 5.95. The Labute approximate surface area is 175 Å². The standard InChI is InChI=1S/C20H29N7O3/c1-10-14-19(26-16(21)25-14)20(29,30)13(9-27(19)17(22)23-10)24-15(28)11-6-5-7-12(8-11)18(2,3)4/h5-8,10,13-14,29-30H,9H2,1-4H3,(H2,22,23)(H,24,28)(H3,21,25,26)/t10-,13-,14?,19-/m0/s1. The van der Waals surface area contributed by atoms with E-state index >= 15 is 0 Å². The highest BCUT2D eigenvalue weighted by atomic mass is 16.5. The van der Waals surface area contributed by atoms with Crippen LogP contribution < -0.4 is 22.1 Å². The molecule has 3 aliphatic rings. The van der Waals surface area contributed by atoms with Crippen LogP contribution in [0.4, 0.5) is 0 Å². The molecule has 0 bridgehead atoms. The van der Waals surface area contributed by atoms with Gasteiger partial charge < -0.3 is 37.2 Å². The molecule has 1 aromatic rings. The van der Waals surface area contributed by atoms with Gasteiger partial charge in [0.15, 0.2) is 17.6 Å². The Morgan fingerprint density at radius 2 is 2.00 bits per heavy atom. The first-order valence-corrected chi connectivity index (χ1v) is 9.96. The van der Waals surface area contributed by atoms with Gasteiger partial charge >= 0.3 is 0 Å². The molecule has 10 nitrogen and oxygen atoms in total. The maximum atomic E-state index is 13.0. The molecule has 3 aliphatic heterocycles. The van der Waals surface area contributed by atoms with Gasteiger partial charge in [0.2, 0.25) is 5.79 Å². The van der Waals surface area contributed by atoms with Crippen molar-refractivity contribution in [2.45, 2.75) is 62.7 Å². The van der Waals surface area contributed by atoms with Gasteiger partial charge in [0.05, 0.1) is 6.04 Å². The van der Waals surface area contributed by atoms with Crippen LogP contribution in [-0.4, -0.2) is 69.1 Å². The molecule has 1 unspecified atom stereocenters. The number of guanidine groups is 2. The minimum Gasteiger partial charge on any atom is -0.370 e. The van der Waals surface area contributed by atoms with Crippen molar-refractivity contribution in [2.24, 2.45) is 21.5 Å². The summed E-state index contributed by atoms with van der Waals surface area (Å²) in [4.78, 5) is 23.2. The van der Waals surface area contributed by atoms with Gasteiger partial charge in [-0.2, -0.15) is 0 Å². The molecule has 4 rings (SSSR count). The SMILES string of the molecule is C[C@@H]1N=C(N)N2C[C@H](NC(=O)c3cccc(C(C)(C)C)c3)C(O)(O)[C@@]23NC(N)=NC13. The van der Waals surface area contributed by atoms with Gasteiger partial charge in [0.25, 0.3) is 5.91 Å². The van der Waals surface area contributed by atoms with E-state index in [0.29, 0.717) is 5.56 Å². The van der Waals surface area contributed by atoms with Gasteiger partial charge in [-0.25, -0.2) is 9.98 Å². The van der Waals surface area contributed by atoms with E-state index in [4.69, 9.17) is 11.5 Å². The van der Waals surface area contributed by atoms with Gasteiger partial charge in [-0.05, 0) is 30.0 Å². The third-order valence-corrected chi connectivity index (χ3v) is 6.23. The Morgan fingerprint density at radius 1 is 1.30 bits per heavy atom. The number of carbonyl (C=O) groups excluding carboxylic acids is 1. The normalized spacial score (nSPS) is 31.9. The quantitative estimate of drug-likeness (QED) is 0.330. The van der Waals surface area contributed by atoms with Crippen molar-refractivity contribution in [1.29, 1.82) is 0 Å². The predicted octanol–water partition coefficient (Wildman–Crippen LogP) is -1.22. The molecule has 0 radical (unpaired) electrons. The van der Waals surface area contributed by atoms with E-state index in [2.05, 4.69) is 41.4 Å². The summed E-state index contributed by atoms with van der Waals surface area (Å²) < 4.78 is 0. The van der Waals surface area contributed by atoms with Crippen molar-refractivity contribution >= 4 is 17.8 Å². The number of nitrogens with zero attached hydrogens (tertiary/aromatic N) is 3. The highest BCUT2D eigenvalue weighted by Gasteiger charge is 2.72. The molecule has 10 heteroatoms. The van der Waals surface area contributed by atoms with Crippen molar-refractivity contribution < 1.29 is 15.0 Å². The lowest BCUT2D eigenvalue weighted by Crippen LogP contribution is -2.77. The third-order valence-electron chi connectivity index (χ3n) is 6.23. The van der Waals surface area contributed by atoms with E-state index in [0.717, 1.165) is 5.56 Å². The zero-order valence-electron chi connectivity index (χ0n) is 17.5. The van der Waals surface area contributed by atoms with Crippen LogP contribution in [0.1, 0.15) is 43.6 Å². The molecule has 1 aromatic carbocycles. The Hall–Kier alpha value is -2.85. The van der Waals surface area contributed by atoms with E-state index in [1.54, 1.807) is 13.0 Å². The lowest BCUT2D eigenvalue weighted by molar-refractivity contribution is -0.230. The molecule has 3 heterocycles. The molecule has 1 fully saturated rings. The number of nitrogens with two attached hydrogens (primary N) is 2. The molecular formula is C20H29N7O3. The Morgan fingerprint density at radius 3 is 2.67 bits per heavy atom. The highest BCUT2D eigenvalue weighted by Crippen LogP contribution is 2.44. The number of aliphatic hydroxyl groups is 2. The lowest BCUT2D eigenvalue weighted by atomic mass is 9.85. The van der Waals surface area contributed by atoms with Crippen LogP contribution in [0.5, 0.6) is 0 Å². The van der Waals surface area contributed by atoms with Crippen molar-refractivity contribution in [3.05, 3.63) is 35.4 Å². The smallest absolute Gasteiger partial charge is 0.251 e. The topological polar surface area (TPSA) is 162 Å². The number of benzene rings is 1. The van der Waals surface area contributed by atoms with Gasteiger partial charge in [0, 0.05) is 12.1 Å². The molecule has 1 spiro atoms. The van der Waals surface area contributed by atoms with Crippen LogP contribution in [0.25, 0.3) is 0 Å². The molecule has 162 valence electrons. The van der Waals surface area contributed by atoms with Crippen LogP contribution in [0, 0.1) is 0 Å². The maximum Gasteiger partial charge on any atom is 0.251 e. The number of rotatable bonds is 2. The second-order valence-electron chi connectivity index (χ2n) is 9.27. The summed E-state index contributed by atoms with van der Waals surface area (Å²) in [5.74, 6) is -2.62.